The molecule has 2 saturated heterocycles. The first-order valence-corrected chi connectivity index (χ1v) is 10.4. The average molecular weight is 348 g/mol. The Morgan fingerprint density at radius 2 is 1.64 bits per heavy atom. The van der Waals surface area contributed by atoms with Crippen molar-refractivity contribution in [2.45, 2.75) is 102 Å². The number of nitrogens with one attached hydrogen (secondary N) is 1. The van der Waals surface area contributed by atoms with Crippen molar-refractivity contribution >= 4 is 11.8 Å². The minimum atomic E-state index is 0.00625. The molecule has 2 saturated carbocycles. The van der Waals surface area contributed by atoms with E-state index < -0.39 is 0 Å². The van der Waals surface area contributed by atoms with Crippen LogP contribution in [0.5, 0.6) is 0 Å². The fourth-order valence-corrected chi connectivity index (χ4v) is 6.12. The zero-order valence-electron chi connectivity index (χ0n) is 15.7. The Morgan fingerprint density at radius 1 is 0.960 bits per heavy atom. The van der Waals surface area contributed by atoms with Gasteiger partial charge >= 0.3 is 0 Å². The summed E-state index contributed by atoms with van der Waals surface area (Å²) < 4.78 is 0. The molecule has 0 aromatic carbocycles. The predicted molar refractivity (Wildman–Crippen MR) is 97.0 cm³/mol. The Balaban J connectivity index is 1.51. The van der Waals surface area contributed by atoms with Gasteiger partial charge in [-0.15, -0.1) is 0 Å². The number of hydrogen-bond donors (Lipinski definition) is 1. The molecule has 5 unspecified atom stereocenters. The number of carbonyl (C=O) groups is 2. The van der Waals surface area contributed by atoms with E-state index in [1.807, 2.05) is 0 Å². The Kier molecular flexibility index (Phi) is 4.78. The number of fused-ring (bicyclic) bond motifs is 2. The molecule has 0 radical (unpaired) electrons. The molecule has 0 aromatic heterocycles. The van der Waals surface area contributed by atoms with E-state index in [1.54, 1.807) is 6.92 Å². The molecule has 140 valence electrons. The lowest BCUT2D eigenvalue weighted by molar-refractivity contribution is -0.154. The van der Waals surface area contributed by atoms with Crippen molar-refractivity contribution < 1.29 is 9.59 Å². The van der Waals surface area contributed by atoms with Gasteiger partial charge < -0.3 is 15.1 Å². The summed E-state index contributed by atoms with van der Waals surface area (Å²) in [6, 6.07) is 1.14. The summed E-state index contributed by atoms with van der Waals surface area (Å²) >= 11 is 0. The number of carbonyl (C=O) groups excluding carboxylic acids is 2. The van der Waals surface area contributed by atoms with Crippen LogP contribution in [-0.2, 0) is 9.59 Å². The first-order chi connectivity index (χ1) is 12.1. The third-order valence-electron chi connectivity index (χ3n) is 7.19. The lowest BCUT2D eigenvalue weighted by atomic mass is 9.83. The van der Waals surface area contributed by atoms with E-state index in [0.717, 1.165) is 19.3 Å². The number of nitrogens with zero attached hydrogens (tertiary/aromatic N) is 2. The largest absolute Gasteiger partial charge is 0.334 e. The molecular formula is C20H33N3O2. The molecular weight excluding hydrogens is 314 g/mol. The number of amides is 2. The van der Waals surface area contributed by atoms with E-state index >= 15 is 0 Å². The summed E-state index contributed by atoms with van der Waals surface area (Å²) in [7, 11) is 0. The Morgan fingerprint density at radius 3 is 2.36 bits per heavy atom. The van der Waals surface area contributed by atoms with Crippen molar-refractivity contribution in [2.75, 3.05) is 6.54 Å². The second-order valence-electron chi connectivity index (χ2n) is 8.79. The summed E-state index contributed by atoms with van der Waals surface area (Å²) in [5, 5.41) is 3.66. The number of hydrogen-bond acceptors (Lipinski definition) is 3. The summed E-state index contributed by atoms with van der Waals surface area (Å²) in [6.07, 6.45) is 10.6. The van der Waals surface area contributed by atoms with Crippen LogP contribution in [0.2, 0.25) is 0 Å². The second kappa shape index (κ2) is 6.90. The van der Waals surface area contributed by atoms with Gasteiger partial charge in [-0.2, -0.15) is 0 Å². The highest BCUT2D eigenvalue weighted by Crippen LogP contribution is 2.37. The highest BCUT2D eigenvalue weighted by molar-refractivity contribution is 5.83. The highest BCUT2D eigenvalue weighted by atomic mass is 16.2. The maximum Gasteiger partial charge on any atom is 0.240 e. The molecule has 2 aliphatic heterocycles. The van der Waals surface area contributed by atoms with E-state index in [1.165, 1.54) is 38.5 Å². The molecule has 1 N–H and O–H groups in total. The third kappa shape index (κ3) is 3.09. The third-order valence-corrected chi connectivity index (χ3v) is 7.19. The minimum Gasteiger partial charge on any atom is -0.334 e. The van der Waals surface area contributed by atoms with Crippen LogP contribution in [0.25, 0.3) is 0 Å². The van der Waals surface area contributed by atoms with Crippen LogP contribution in [0, 0.1) is 5.92 Å². The van der Waals surface area contributed by atoms with Crippen molar-refractivity contribution in [2.24, 2.45) is 5.92 Å². The van der Waals surface area contributed by atoms with E-state index in [0.29, 0.717) is 24.4 Å². The molecule has 25 heavy (non-hydrogen) atoms. The zero-order valence-corrected chi connectivity index (χ0v) is 15.7. The zero-order chi connectivity index (χ0) is 17.6. The average Bonchev–Trinajstić information content (AvgIpc) is 3.04. The Labute approximate surface area is 151 Å². The Hall–Kier alpha value is -1.10. The van der Waals surface area contributed by atoms with Crippen molar-refractivity contribution in [3.63, 3.8) is 0 Å². The van der Waals surface area contributed by atoms with E-state index in [2.05, 4.69) is 22.0 Å². The number of rotatable bonds is 1. The van der Waals surface area contributed by atoms with Crippen molar-refractivity contribution in [3.8, 4) is 0 Å². The smallest absolute Gasteiger partial charge is 0.240 e. The van der Waals surface area contributed by atoms with Crippen LogP contribution in [-0.4, -0.2) is 58.4 Å². The molecule has 4 rings (SSSR count). The topological polar surface area (TPSA) is 52.7 Å². The summed E-state index contributed by atoms with van der Waals surface area (Å²) in [6.45, 7) is 4.49. The van der Waals surface area contributed by atoms with Crippen molar-refractivity contribution in [1.29, 1.82) is 0 Å². The summed E-state index contributed by atoms with van der Waals surface area (Å²) in [5.74, 6) is 1.17. The van der Waals surface area contributed by atoms with Crippen molar-refractivity contribution in [3.05, 3.63) is 0 Å². The van der Waals surface area contributed by atoms with Gasteiger partial charge in [-0.25, -0.2) is 0 Å². The molecule has 0 aromatic rings. The lowest BCUT2D eigenvalue weighted by Crippen LogP contribution is -2.67. The van der Waals surface area contributed by atoms with Gasteiger partial charge in [0.1, 0.15) is 0 Å². The molecule has 0 spiro atoms. The maximum absolute atomic E-state index is 13.4. The molecule has 5 heteroatoms. The fraction of sp³-hybridized carbons (Fsp3) is 0.900. The molecule has 5 nitrogen and oxygen atoms in total. The number of piperazine rings is 1. The normalized spacial score (nSPS) is 41.2. The van der Waals surface area contributed by atoms with Crippen molar-refractivity contribution in [1.82, 2.24) is 15.1 Å². The van der Waals surface area contributed by atoms with E-state index in [9.17, 15) is 9.59 Å². The fourth-order valence-electron chi connectivity index (χ4n) is 6.12. The van der Waals surface area contributed by atoms with Gasteiger partial charge in [0.05, 0.1) is 18.1 Å². The molecule has 2 aliphatic carbocycles. The van der Waals surface area contributed by atoms with Crippen LogP contribution in [0.15, 0.2) is 0 Å². The molecule has 2 amide bonds. The van der Waals surface area contributed by atoms with Gasteiger partial charge in [0.2, 0.25) is 11.8 Å². The van der Waals surface area contributed by atoms with Gasteiger partial charge in [-0.1, -0.05) is 25.7 Å². The van der Waals surface area contributed by atoms with Crippen LogP contribution < -0.4 is 5.32 Å². The van der Waals surface area contributed by atoms with Gasteiger partial charge in [0, 0.05) is 25.6 Å². The van der Waals surface area contributed by atoms with Gasteiger partial charge in [-0.05, 0) is 44.9 Å². The lowest BCUT2D eigenvalue weighted by Gasteiger charge is -2.53. The van der Waals surface area contributed by atoms with Crippen LogP contribution in [0.3, 0.4) is 0 Å². The first kappa shape index (κ1) is 17.3. The van der Waals surface area contributed by atoms with E-state index in [-0.39, 0.29) is 30.1 Å². The van der Waals surface area contributed by atoms with Crippen LogP contribution in [0.4, 0.5) is 0 Å². The molecule has 4 fully saturated rings. The first-order valence-electron chi connectivity index (χ1n) is 10.4. The standard InChI is InChI=1S/C20H33N3O2/c1-13-12-22(18-9-5-6-10-19(18)23(13)14(2)24)20(25)17-11-15-7-3-4-8-16(15)21-17/h13,15-19,21H,3-12H2,1-2H3/t13-,15?,16?,17?,18?,19?/m0/s1. The monoisotopic (exact) mass is 347 g/mol. The quantitative estimate of drug-likeness (QED) is 0.792. The summed E-state index contributed by atoms with van der Waals surface area (Å²) in [5.41, 5.74) is 0. The second-order valence-corrected chi connectivity index (χ2v) is 8.79. The van der Waals surface area contributed by atoms with E-state index in [4.69, 9.17) is 0 Å². The Bertz CT molecular complexity index is 523. The SMILES string of the molecule is CC(=O)N1C2CCCCC2N(C(=O)C2CC3CCCCC3N2)C[C@@H]1C. The predicted octanol–water partition coefficient (Wildman–Crippen LogP) is 2.30. The summed E-state index contributed by atoms with van der Waals surface area (Å²) in [4.78, 5) is 29.8. The van der Waals surface area contributed by atoms with Gasteiger partial charge in [0.15, 0.2) is 0 Å². The van der Waals surface area contributed by atoms with Gasteiger partial charge in [0.25, 0.3) is 0 Å². The maximum atomic E-state index is 13.4. The highest BCUT2D eigenvalue weighted by Gasteiger charge is 2.47. The van der Waals surface area contributed by atoms with Crippen LogP contribution in [0.1, 0.15) is 71.6 Å². The van der Waals surface area contributed by atoms with Gasteiger partial charge in [-0.3, -0.25) is 9.59 Å². The molecule has 6 atom stereocenters. The molecule has 2 heterocycles. The molecule has 4 aliphatic rings. The molecule has 0 bridgehead atoms. The minimum absolute atomic E-state index is 0.00625. The van der Waals surface area contributed by atoms with Crippen LogP contribution >= 0.6 is 0 Å².